The van der Waals surface area contributed by atoms with E-state index >= 15 is 0 Å². The molecule has 5 rings (SSSR count). The van der Waals surface area contributed by atoms with Gasteiger partial charge in [0, 0.05) is 18.7 Å². The number of hydrogen-bond acceptors (Lipinski definition) is 3. The molecular formula is C33H35FN4O. The Hall–Kier alpha value is -4.03. The SMILES string of the molecule is Cc1ccc2c(c1)nc([C@@H](C(C)C)N(CCCN)C(=O)c1ccc3ccccc3c1)n2Cc1cccc(F)c1. The zero-order chi connectivity index (χ0) is 27.5. The van der Waals surface area contributed by atoms with E-state index < -0.39 is 0 Å². The van der Waals surface area contributed by atoms with Gasteiger partial charge in [-0.1, -0.05) is 62.4 Å². The maximum absolute atomic E-state index is 14.2. The molecule has 0 aliphatic rings. The highest BCUT2D eigenvalue weighted by Gasteiger charge is 2.33. The van der Waals surface area contributed by atoms with E-state index in [0.29, 0.717) is 31.6 Å². The molecule has 6 heteroatoms. The zero-order valence-corrected chi connectivity index (χ0v) is 22.8. The van der Waals surface area contributed by atoms with Gasteiger partial charge in [-0.2, -0.15) is 0 Å². The normalized spacial score (nSPS) is 12.4. The third-order valence-electron chi connectivity index (χ3n) is 7.26. The number of halogens is 1. The molecule has 0 saturated heterocycles. The molecule has 0 unspecified atom stereocenters. The number of hydrogen-bond donors (Lipinski definition) is 1. The molecule has 39 heavy (non-hydrogen) atoms. The van der Waals surface area contributed by atoms with Gasteiger partial charge in [-0.05, 0) is 84.1 Å². The van der Waals surface area contributed by atoms with E-state index in [2.05, 4.69) is 36.6 Å². The van der Waals surface area contributed by atoms with Gasteiger partial charge in [0.1, 0.15) is 11.6 Å². The van der Waals surface area contributed by atoms with Gasteiger partial charge in [0.05, 0.1) is 17.1 Å². The summed E-state index contributed by atoms with van der Waals surface area (Å²) in [6, 6.07) is 26.4. The number of nitrogens with zero attached hydrogens (tertiary/aromatic N) is 3. The van der Waals surface area contributed by atoms with E-state index in [1.54, 1.807) is 12.1 Å². The van der Waals surface area contributed by atoms with E-state index in [0.717, 1.165) is 38.8 Å². The summed E-state index contributed by atoms with van der Waals surface area (Å²) in [7, 11) is 0. The summed E-state index contributed by atoms with van der Waals surface area (Å²) < 4.78 is 16.3. The summed E-state index contributed by atoms with van der Waals surface area (Å²) in [4.78, 5) is 21.2. The fraction of sp³-hybridized carbons (Fsp3) is 0.273. The number of aromatic nitrogens is 2. The first-order valence-corrected chi connectivity index (χ1v) is 13.6. The highest BCUT2D eigenvalue weighted by molar-refractivity contribution is 5.98. The first kappa shape index (κ1) is 26.6. The fourth-order valence-corrected chi connectivity index (χ4v) is 5.38. The van der Waals surface area contributed by atoms with Crippen LogP contribution in [0.2, 0.25) is 0 Å². The number of carbonyl (C=O) groups excluding carboxylic acids is 1. The van der Waals surface area contributed by atoms with E-state index in [1.165, 1.54) is 6.07 Å². The van der Waals surface area contributed by atoms with Crippen molar-refractivity contribution in [3.05, 3.63) is 113 Å². The smallest absolute Gasteiger partial charge is 0.254 e. The summed E-state index contributed by atoms with van der Waals surface area (Å²) in [5.41, 5.74) is 10.3. The topological polar surface area (TPSA) is 64.2 Å². The molecule has 0 fully saturated rings. The Morgan fingerprint density at radius 3 is 2.51 bits per heavy atom. The Labute approximate surface area is 229 Å². The molecule has 2 N–H and O–H groups in total. The van der Waals surface area contributed by atoms with Crippen LogP contribution in [0.3, 0.4) is 0 Å². The maximum atomic E-state index is 14.2. The van der Waals surface area contributed by atoms with Gasteiger partial charge in [-0.25, -0.2) is 9.37 Å². The second-order valence-corrected chi connectivity index (χ2v) is 10.6. The van der Waals surface area contributed by atoms with Gasteiger partial charge in [-0.3, -0.25) is 4.79 Å². The molecule has 0 radical (unpaired) electrons. The Morgan fingerprint density at radius 1 is 0.974 bits per heavy atom. The van der Waals surface area contributed by atoms with Crippen LogP contribution >= 0.6 is 0 Å². The van der Waals surface area contributed by atoms with Crippen LogP contribution < -0.4 is 5.73 Å². The Kier molecular flexibility index (Phi) is 7.75. The summed E-state index contributed by atoms with van der Waals surface area (Å²) in [6.45, 7) is 7.71. The molecule has 5 aromatic rings. The number of rotatable bonds is 9. The van der Waals surface area contributed by atoms with Crippen LogP contribution in [-0.4, -0.2) is 33.4 Å². The Morgan fingerprint density at radius 2 is 1.77 bits per heavy atom. The molecule has 0 saturated carbocycles. The lowest BCUT2D eigenvalue weighted by atomic mass is 9.98. The minimum absolute atomic E-state index is 0.0477. The van der Waals surface area contributed by atoms with Gasteiger partial charge in [-0.15, -0.1) is 0 Å². The van der Waals surface area contributed by atoms with E-state index in [9.17, 15) is 9.18 Å². The van der Waals surface area contributed by atoms with Crippen molar-refractivity contribution in [1.82, 2.24) is 14.5 Å². The van der Waals surface area contributed by atoms with Crippen molar-refractivity contribution in [3.63, 3.8) is 0 Å². The number of aryl methyl sites for hydroxylation is 1. The zero-order valence-electron chi connectivity index (χ0n) is 22.8. The first-order valence-electron chi connectivity index (χ1n) is 13.6. The van der Waals surface area contributed by atoms with E-state index in [4.69, 9.17) is 10.7 Å². The van der Waals surface area contributed by atoms with Crippen molar-refractivity contribution in [1.29, 1.82) is 0 Å². The van der Waals surface area contributed by atoms with Crippen molar-refractivity contribution < 1.29 is 9.18 Å². The molecular weight excluding hydrogens is 487 g/mol. The molecule has 1 aromatic heterocycles. The van der Waals surface area contributed by atoms with Crippen LogP contribution in [0, 0.1) is 18.7 Å². The van der Waals surface area contributed by atoms with E-state index in [-0.39, 0.29) is 23.7 Å². The summed E-state index contributed by atoms with van der Waals surface area (Å²) >= 11 is 0. The molecule has 0 bridgehead atoms. The van der Waals surface area contributed by atoms with Gasteiger partial charge < -0.3 is 15.2 Å². The van der Waals surface area contributed by atoms with Gasteiger partial charge in [0.25, 0.3) is 5.91 Å². The minimum Gasteiger partial charge on any atom is -0.330 e. The summed E-state index contributed by atoms with van der Waals surface area (Å²) in [6.07, 6.45) is 0.672. The van der Waals surface area contributed by atoms with Crippen molar-refractivity contribution in [3.8, 4) is 0 Å². The van der Waals surface area contributed by atoms with Crippen LogP contribution in [0.25, 0.3) is 21.8 Å². The monoisotopic (exact) mass is 522 g/mol. The largest absolute Gasteiger partial charge is 0.330 e. The lowest BCUT2D eigenvalue weighted by molar-refractivity contribution is 0.0605. The molecule has 0 aliphatic carbocycles. The van der Waals surface area contributed by atoms with Crippen molar-refractivity contribution in [2.24, 2.45) is 11.7 Å². The molecule has 1 heterocycles. The van der Waals surface area contributed by atoms with Crippen LogP contribution in [-0.2, 0) is 6.54 Å². The fourth-order valence-electron chi connectivity index (χ4n) is 5.38. The molecule has 4 aromatic carbocycles. The molecule has 200 valence electrons. The van der Waals surface area contributed by atoms with Crippen LogP contribution in [0.1, 0.15) is 53.6 Å². The number of fused-ring (bicyclic) bond motifs is 2. The Bertz CT molecular complexity index is 1620. The number of imidazole rings is 1. The molecule has 5 nitrogen and oxygen atoms in total. The molecule has 0 aliphatic heterocycles. The lowest BCUT2D eigenvalue weighted by Gasteiger charge is -2.35. The highest BCUT2D eigenvalue weighted by Crippen LogP contribution is 2.33. The average molecular weight is 523 g/mol. The second kappa shape index (κ2) is 11.4. The maximum Gasteiger partial charge on any atom is 0.254 e. The Balaban J connectivity index is 1.64. The third kappa shape index (κ3) is 5.57. The van der Waals surface area contributed by atoms with E-state index in [1.807, 2.05) is 60.4 Å². The number of nitrogens with two attached hydrogens (primary N) is 1. The van der Waals surface area contributed by atoms with Crippen molar-refractivity contribution >= 4 is 27.7 Å². The first-order chi connectivity index (χ1) is 18.9. The average Bonchev–Trinajstić information content (AvgIpc) is 3.26. The molecule has 1 amide bonds. The molecule has 0 spiro atoms. The summed E-state index contributed by atoms with van der Waals surface area (Å²) in [5, 5.41) is 2.12. The quantitative estimate of drug-likeness (QED) is 0.230. The predicted octanol–water partition coefficient (Wildman–Crippen LogP) is 6.87. The highest BCUT2D eigenvalue weighted by atomic mass is 19.1. The standard InChI is InChI=1S/C33H35FN4O/c1-22(2)31(37(17-7-16-35)33(39)27-14-13-25-9-4-5-10-26(25)20-27)32-36-29-18-23(3)12-15-30(29)38(32)21-24-8-6-11-28(34)19-24/h4-6,8-15,18-20,22,31H,7,16-17,21,35H2,1-3H3/t31-/m1/s1. The van der Waals surface area contributed by atoms with Crippen LogP contribution in [0.5, 0.6) is 0 Å². The lowest BCUT2D eigenvalue weighted by Crippen LogP contribution is -2.40. The van der Waals surface area contributed by atoms with Gasteiger partial charge in [0.2, 0.25) is 0 Å². The third-order valence-corrected chi connectivity index (χ3v) is 7.26. The number of amides is 1. The van der Waals surface area contributed by atoms with Crippen molar-refractivity contribution in [2.75, 3.05) is 13.1 Å². The van der Waals surface area contributed by atoms with Gasteiger partial charge >= 0.3 is 0 Å². The number of benzene rings is 4. The minimum atomic E-state index is -0.309. The van der Waals surface area contributed by atoms with Crippen LogP contribution in [0.15, 0.2) is 84.9 Å². The predicted molar refractivity (Wildman–Crippen MR) is 156 cm³/mol. The number of carbonyl (C=O) groups is 1. The second-order valence-electron chi connectivity index (χ2n) is 10.6. The van der Waals surface area contributed by atoms with Crippen LogP contribution in [0.4, 0.5) is 4.39 Å². The van der Waals surface area contributed by atoms with Gasteiger partial charge in [0.15, 0.2) is 0 Å². The summed E-state index contributed by atoms with van der Waals surface area (Å²) in [5.74, 6) is 0.539. The van der Waals surface area contributed by atoms with Crippen molar-refractivity contribution in [2.45, 2.75) is 39.8 Å². The molecule has 1 atom stereocenters.